The number of ether oxygens (including phenoxy) is 1. The zero-order chi connectivity index (χ0) is 25.2. The summed E-state index contributed by atoms with van der Waals surface area (Å²) in [5.74, 6) is -1.42. The molecule has 2 heterocycles. The highest BCUT2D eigenvalue weighted by atomic mass is 35.5. The molecule has 11 heteroatoms. The van der Waals surface area contributed by atoms with Gasteiger partial charge in [-0.2, -0.15) is 0 Å². The van der Waals surface area contributed by atoms with Gasteiger partial charge in [-0.15, -0.1) is 0 Å². The van der Waals surface area contributed by atoms with Gasteiger partial charge in [0.15, 0.2) is 0 Å². The first-order valence-electron chi connectivity index (χ1n) is 10.8. The summed E-state index contributed by atoms with van der Waals surface area (Å²) in [6, 6.07) is 3.20. The van der Waals surface area contributed by atoms with Crippen molar-refractivity contribution in [3.63, 3.8) is 0 Å². The van der Waals surface area contributed by atoms with E-state index in [9.17, 15) is 18.8 Å². The maximum absolute atomic E-state index is 13.4. The molecule has 3 amide bonds. The number of nitrogens with one attached hydrogen (secondary N) is 1. The SMILES string of the molecule is COC(=O)c1c(C(=O)N2CCN(C(=O)Nc3ccc(F)c(Cl)c3)C(C)C2)nc(C)nc1C(C)C. The highest BCUT2D eigenvalue weighted by Crippen LogP contribution is 2.24. The van der Waals surface area contributed by atoms with Crippen LogP contribution in [0.2, 0.25) is 5.02 Å². The normalized spacial score (nSPS) is 15.9. The lowest BCUT2D eigenvalue weighted by molar-refractivity contribution is 0.0550. The number of aryl methyl sites for hydroxylation is 1. The Morgan fingerprint density at radius 1 is 1.24 bits per heavy atom. The molecule has 1 aliphatic heterocycles. The smallest absolute Gasteiger partial charge is 0.342 e. The number of urea groups is 1. The Morgan fingerprint density at radius 3 is 2.53 bits per heavy atom. The monoisotopic (exact) mass is 491 g/mol. The molecule has 182 valence electrons. The largest absolute Gasteiger partial charge is 0.465 e. The maximum Gasteiger partial charge on any atom is 0.342 e. The second-order valence-electron chi connectivity index (χ2n) is 8.38. The summed E-state index contributed by atoms with van der Waals surface area (Å²) < 4.78 is 18.3. The quantitative estimate of drug-likeness (QED) is 0.651. The van der Waals surface area contributed by atoms with E-state index in [0.29, 0.717) is 17.2 Å². The van der Waals surface area contributed by atoms with Crippen LogP contribution in [-0.2, 0) is 4.74 Å². The van der Waals surface area contributed by atoms with Gasteiger partial charge in [-0.1, -0.05) is 25.4 Å². The molecule has 1 aromatic heterocycles. The molecule has 0 spiro atoms. The highest BCUT2D eigenvalue weighted by molar-refractivity contribution is 6.31. The van der Waals surface area contributed by atoms with E-state index in [1.165, 1.54) is 25.3 Å². The Hall–Kier alpha value is -3.27. The van der Waals surface area contributed by atoms with E-state index >= 15 is 0 Å². The lowest BCUT2D eigenvalue weighted by atomic mass is 10.0. The highest BCUT2D eigenvalue weighted by Gasteiger charge is 2.34. The number of rotatable bonds is 4. The van der Waals surface area contributed by atoms with Crippen molar-refractivity contribution in [3.8, 4) is 0 Å². The molecule has 2 aromatic rings. The minimum Gasteiger partial charge on any atom is -0.465 e. The average Bonchev–Trinajstić information content (AvgIpc) is 2.79. The van der Waals surface area contributed by atoms with Gasteiger partial charge in [-0.3, -0.25) is 4.79 Å². The second kappa shape index (κ2) is 10.3. The fourth-order valence-electron chi connectivity index (χ4n) is 3.83. The molecule has 0 radical (unpaired) electrons. The average molecular weight is 492 g/mol. The van der Waals surface area contributed by atoms with Crippen LogP contribution in [-0.4, -0.2) is 70.5 Å². The van der Waals surface area contributed by atoms with Crippen LogP contribution in [0.3, 0.4) is 0 Å². The molecule has 34 heavy (non-hydrogen) atoms. The molecule has 9 nitrogen and oxygen atoms in total. The van der Waals surface area contributed by atoms with Crippen LogP contribution in [0.15, 0.2) is 18.2 Å². The summed E-state index contributed by atoms with van der Waals surface area (Å²) in [7, 11) is 1.24. The van der Waals surface area contributed by atoms with Gasteiger partial charge in [0.05, 0.1) is 17.8 Å². The van der Waals surface area contributed by atoms with Crippen molar-refractivity contribution < 1.29 is 23.5 Å². The van der Waals surface area contributed by atoms with Gasteiger partial charge in [0.1, 0.15) is 22.9 Å². The van der Waals surface area contributed by atoms with Crippen molar-refractivity contribution in [1.29, 1.82) is 0 Å². The van der Waals surface area contributed by atoms with Crippen molar-refractivity contribution in [3.05, 3.63) is 51.8 Å². The molecule has 0 saturated carbocycles. The van der Waals surface area contributed by atoms with Crippen molar-refractivity contribution >= 4 is 35.2 Å². The number of amides is 3. The van der Waals surface area contributed by atoms with Crippen molar-refractivity contribution in [2.24, 2.45) is 0 Å². The van der Waals surface area contributed by atoms with Gasteiger partial charge < -0.3 is 19.9 Å². The minimum atomic E-state index is -0.670. The number of methoxy groups -OCH3 is 1. The molecule has 1 atom stereocenters. The zero-order valence-corrected chi connectivity index (χ0v) is 20.4. The first-order valence-corrected chi connectivity index (χ1v) is 11.2. The minimum absolute atomic E-state index is 0.00546. The van der Waals surface area contributed by atoms with Gasteiger partial charge in [0, 0.05) is 31.4 Å². The summed E-state index contributed by atoms with van der Waals surface area (Å²) >= 11 is 5.78. The lowest BCUT2D eigenvalue weighted by Crippen LogP contribution is -2.56. The maximum atomic E-state index is 13.4. The van der Waals surface area contributed by atoms with E-state index < -0.39 is 23.7 Å². The van der Waals surface area contributed by atoms with Crippen LogP contribution in [0.5, 0.6) is 0 Å². The van der Waals surface area contributed by atoms with Gasteiger partial charge >= 0.3 is 12.0 Å². The van der Waals surface area contributed by atoms with E-state index in [4.69, 9.17) is 16.3 Å². The van der Waals surface area contributed by atoms with E-state index in [-0.39, 0.29) is 47.9 Å². The molecule has 0 bridgehead atoms. The summed E-state index contributed by atoms with van der Waals surface area (Å²) in [4.78, 5) is 50.4. The zero-order valence-electron chi connectivity index (χ0n) is 19.7. The topological polar surface area (TPSA) is 105 Å². The van der Waals surface area contributed by atoms with Gasteiger partial charge in [-0.25, -0.2) is 23.9 Å². The molecule has 1 N–H and O–H groups in total. The number of halogens is 2. The number of hydrogen-bond acceptors (Lipinski definition) is 6. The number of piperazine rings is 1. The Labute approximate surface area is 202 Å². The third-order valence-corrected chi connectivity index (χ3v) is 5.82. The standard InChI is InChI=1S/C23H27ClFN5O4/c1-12(2)19-18(22(32)34-5)20(27-14(4)26-19)21(31)29-8-9-30(13(3)11-29)23(33)28-15-6-7-17(25)16(24)10-15/h6-7,10,12-13H,8-9,11H2,1-5H3,(H,28,33). The number of hydrogen-bond donors (Lipinski definition) is 1. The molecular formula is C23H27ClFN5O4. The Bertz CT molecular complexity index is 1130. The van der Waals surface area contributed by atoms with Crippen molar-refractivity contribution in [1.82, 2.24) is 19.8 Å². The van der Waals surface area contributed by atoms with Crippen LogP contribution in [0.25, 0.3) is 0 Å². The van der Waals surface area contributed by atoms with Crippen molar-refractivity contribution in [2.75, 3.05) is 32.1 Å². The number of benzene rings is 1. The van der Waals surface area contributed by atoms with Gasteiger partial charge in [-0.05, 0) is 38.0 Å². The Morgan fingerprint density at radius 2 is 1.94 bits per heavy atom. The molecule has 0 aliphatic carbocycles. The number of carbonyl (C=O) groups excluding carboxylic acids is 3. The lowest BCUT2D eigenvalue weighted by Gasteiger charge is -2.39. The molecule has 1 aromatic carbocycles. The van der Waals surface area contributed by atoms with Crippen molar-refractivity contribution in [2.45, 2.75) is 39.7 Å². The van der Waals surface area contributed by atoms with E-state index in [0.717, 1.165) is 0 Å². The van der Waals surface area contributed by atoms with E-state index in [1.54, 1.807) is 16.7 Å². The summed E-state index contributed by atoms with van der Waals surface area (Å²) in [5, 5.41) is 2.60. The first kappa shape index (κ1) is 25.4. The second-order valence-corrected chi connectivity index (χ2v) is 8.79. The first-order chi connectivity index (χ1) is 16.0. The van der Waals surface area contributed by atoms with Gasteiger partial charge in [0.2, 0.25) is 0 Å². The molecule has 1 unspecified atom stereocenters. The summed E-state index contributed by atoms with van der Waals surface area (Å²) in [5.41, 5.74) is 0.873. The fraction of sp³-hybridized carbons (Fsp3) is 0.435. The predicted molar refractivity (Wildman–Crippen MR) is 125 cm³/mol. The molecule has 1 fully saturated rings. The van der Waals surface area contributed by atoms with Crippen LogP contribution >= 0.6 is 11.6 Å². The number of aromatic nitrogens is 2. The van der Waals surface area contributed by atoms with Crippen LogP contribution in [0.4, 0.5) is 14.9 Å². The summed E-state index contributed by atoms with van der Waals surface area (Å²) in [6.07, 6.45) is 0. The molecule has 1 saturated heterocycles. The predicted octanol–water partition coefficient (Wildman–Crippen LogP) is 3.87. The van der Waals surface area contributed by atoms with E-state index in [1.807, 2.05) is 20.8 Å². The fourth-order valence-corrected chi connectivity index (χ4v) is 4.01. The number of esters is 1. The molecular weight excluding hydrogens is 465 g/mol. The summed E-state index contributed by atoms with van der Waals surface area (Å²) in [6.45, 7) is 7.94. The van der Waals surface area contributed by atoms with Crippen LogP contribution in [0.1, 0.15) is 59.1 Å². The third-order valence-electron chi connectivity index (χ3n) is 5.53. The Kier molecular flexibility index (Phi) is 7.71. The number of nitrogens with zero attached hydrogens (tertiary/aromatic N) is 4. The Balaban J connectivity index is 1.79. The molecule has 3 rings (SSSR count). The third kappa shape index (κ3) is 5.27. The number of carbonyl (C=O) groups is 3. The van der Waals surface area contributed by atoms with Crippen LogP contribution in [0, 0.1) is 12.7 Å². The van der Waals surface area contributed by atoms with E-state index in [2.05, 4.69) is 15.3 Å². The number of anilines is 1. The van der Waals surface area contributed by atoms with Gasteiger partial charge in [0.25, 0.3) is 5.91 Å². The van der Waals surface area contributed by atoms with Crippen LogP contribution < -0.4 is 5.32 Å². The molecule has 1 aliphatic rings.